The van der Waals surface area contributed by atoms with E-state index in [-0.39, 0.29) is 11.4 Å². The first-order valence-electron chi connectivity index (χ1n) is 6.93. The third-order valence-electron chi connectivity index (χ3n) is 3.33. The van der Waals surface area contributed by atoms with Crippen LogP contribution in [-0.4, -0.2) is 58.7 Å². The monoisotopic (exact) mass is 297 g/mol. The van der Waals surface area contributed by atoms with Gasteiger partial charge < -0.3 is 9.59 Å². The van der Waals surface area contributed by atoms with Crippen molar-refractivity contribution in [2.24, 2.45) is 19.1 Å². The fourth-order valence-electron chi connectivity index (χ4n) is 1.94. The fraction of sp³-hybridized carbons (Fsp3) is 0.643. The maximum absolute atomic E-state index is 12.2. The second-order valence-electron chi connectivity index (χ2n) is 6.10. The van der Waals surface area contributed by atoms with Gasteiger partial charge in [-0.05, 0) is 6.42 Å². The van der Waals surface area contributed by atoms with Gasteiger partial charge in [0.2, 0.25) is 5.88 Å². The van der Waals surface area contributed by atoms with E-state index in [1.165, 1.54) is 14.1 Å². The number of aromatic nitrogens is 2. The van der Waals surface area contributed by atoms with E-state index in [0.717, 1.165) is 20.2 Å². The van der Waals surface area contributed by atoms with Gasteiger partial charge in [0, 0.05) is 14.1 Å². The van der Waals surface area contributed by atoms with E-state index in [9.17, 15) is 14.7 Å². The molecule has 0 bridgehead atoms. The van der Waals surface area contributed by atoms with Crippen LogP contribution in [0.5, 0.6) is 5.88 Å². The molecule has 0 aliphatic rings. The van der Waals surface area contributed by atoms with Gasteiger partial charge in [-0.25, -0.2) is 4.79 Å². The van der Waals surface area contributed by atoms with E-state index in [1.807, 2.05) is 6.92 Å². The van der Waals surface area contributed by atoms with E-state index < -0.39 is 11.2 Å². The van der Waals surface area contributed by atoms with Crippen LogP contribution in [0.3, 0.4) is 0 Å². The maximum Gasteiger partial charge on any atom is 0.333 e. The summed E-state index contributed by atoms with van der Waals surface area (Å²) in [6, 6.07) is 0. The van der Waals surface area contributed by atoms with Gasteiger partial charge in [-0.2, -0.15) is 0 Å². The minimum Gasteiger partial charge on any atom is -0.494 e. The lowest BCUT2D eigenvalue weighted by atomic mass is 10.1. The third-order valence-corrected chi connectivity index (χ3v) is 3.33. The summed E-state index contributed by atoms with van der Waals surface area (Å²) in [6.45, 7) is 3.24. The zero-order valence-corrected chi connectivity index (χ0v) is 13.7. The lowest BCUT2D eigenvalue weighted by Crippen LogP contribution is -2.40. The maximum atomic E-state index is 12.2. The Kier molecular flexibility index (Phi) is 5.11. The standard InChI is InChI=1S/C14H24N4O3/c1-7-10(15-8-9-18(4,5)6)11-12(19)16(2)14(21)17(3)13(11)20/h7-9H2,1-6H3/p+1. The lowest BCUT2D eigenvalue weighted by Gasteiger charge is -2.22. The first-order chi connectivity index (χ1) is 9.60. The zero-order chi connectivity index (χ0) is 16.4. The summed E-state index contributed by atoms with van der Waals surface area (Å²) < 4.78 is 2.81. The van der Waals surface area contributed by atoms with Gasteiger partial charge in [-0.1, -0.05) is 6.92 Å². The topological polar surface area (TPSA) is 76.6 Å². The summed E-state index contributed by atoms with van der Waals surface area (Å²) in [7, 11) is 9.00. The molecule has 0 saturated carbocycles. The fourth-order valence-corrected chi connectivity index (χ4v) is 1.94. The van der Waals surface area contributed by atoms with Crippen molar-refractivity contribution in [2.75, 3.05) is 34.2 Å². The average Bonchev–Trinajstić information content (AvgIpc) is 2.40. The van der Waals surface area contributed by atoms with Gasteiger partial charge in [0.05, 0.1) is 39.9 Å². The van der Waals surface area contributed by atoms with Crippen LogP contribution in [0.2, 0.25) is 0 Å². The van der Waals surface area contributed by atoms with E-state index in [2.05, 4.69) is 26.1 Å². The number of aromatic hydroxyl groups is 1. The number of rotatable bonds is 5. The molecular formula is C14H25N4O3+. The van der Waals surface area contributed by atoms with Crippen molar-refractivity contribution in [3.05, 3.63) is 26.4 Å². The molecule has 118 valence electrons. The van der Waals surface area contributed by atoms with Crippen molar-refractivity contribution < 1.29 is 9.59 Å². The Morgan fingerprint density at radius 3 is 2.24 bits per heavy atom. The molecule has 1 N–H and O–H groups in total. The van der Waals surface area contributed by atoms with Crippen LogP contribution in [0, 0.1) is 0 Å². The molecule has 7 heteroatoms. The molecule has 1 heterocycles. The molecule has 0 saturated heterocycles. The molecule has 21 heavy (non-hydrogen) atoms. The summed E-state index contributed by atoms with van der Waals surface area (Å²) in [5.41, 5.74) is -0.426. The molecule has 0 radical (unpaired) electrons. The predicted molar refractivity (Wildman–Crippen MR) is 83.2 cm³/mol. The molecule has 0 amide bonds. The second-order valence-corrected chi connectivity index (χ2v) is 6.10. The summed E-state index contributed by atoms with van der Waals surface area (Å²) in [5.74, 6) is -0.325. The Balaban J connectivity index is 3.34. The number of quaternary nitrogens is 1. The molecule has 1 aromatic rings. The van der Waals surface area contributed by atoms with Gasteiger partial charge in [0.15, 0.2) is 0 Å². The van der Waals surface area contributed by atoms with Gasteiger partial charge in [-0.15, -0.1) is 0 Å². The first kappa shape index (κ1) is 17.2. The smallest absolute Gasteiger partial charge is 0.333 e. The van der Waals surface area contributed by atoms with Crippen LogP contribution in [-0.2, 0) is 14.1 Å². The Bertz CT molecular complexity index is 663. The van der Waals surface area contributed by atoms with Crippen molar-refractivity contribution >= 4 is 5.71 Å². The number of aliphatic imine (C=N–C) groups is 1. The molecule has 1 rings (SSSR count). The second kappa shape index (κ2) is 6.26. The van der Waals surface area contributed by atoms with Crippen LogP contribution < -0.4 is 11.2 Å². The molecule has 0 unspecified atom stereocenters. The summed E-state index contributed by atoms with van der Waals surface area (Å²) in [5, 5.41) is 10.1. The number of likely N-dealkylation sites (N-methyl/N-ethyl adjacent to an activating group) is 1. The third kappa shape index (κ3) is 3.81. The van der Waals surface area contributed by atoms with Gasteiger partial charge >= 0.3 is 5.69 Å². The van der Waals surface area contributed by atoms with E-state index in [1.54, 1.807) is 0 Å². The molecule has 0 aromatic carbocycles. The molecule has 0 aliphatic carbocycles. The average molecular weight is 297 g/mol. The number of nitrogens with zero attached hydrogens (tertiary/aromatic N) is 4. The van der Waals surface area contributed by atoms with E-state index in [0.29, 0.717) is 18.7 Å². The summed E-state index contributed by atoms with van der Waals surface area (Å²) in [6.07, 6.45) is 0.512. The normalized spacial score (nSPS) is 12.8. The van der Waals surface area contributed by atoms with E-state index in [4.69, 9.17) is 0 Å². The van der Waals surface area contributed by atoms with Crippen molar-refractivity contribution in [1.82, 2.24) is 9.13 Å². The Hall–Kier alpha value is -1.89. The van der Waals surface area contributed by atoms with Gasteiger partial charge in [-0.3, -0.25) is 18.9 Å². The van der Waals surface area contributed by atoms with Crippen LogP contribution >= 0.6 is 0 Å². The summed E-state index contributed by atoms with van der Waals surface area (Å²) >= 11 is 0. The van der Waals surface area contributed by atoms with E-state index >= 15 is 0 Å². The minimum absolute atomic E-state index is 0.114. The van der Waals surface area contributed by atoms with Crippen molar-refractivity contribution in [3.63, 3.8) is 0 Å². The van der Waals surface area contributed by atoms with Crippen molar-refractivity contribution in [1.29, 1.82) is 0 Å². The largest absolute Gasteiger partial charge is 0.494 e. The number of hydrogen-bond donors (Lipinski definition) is 1. The minimum atomic E-state index is -0.553. The molecule has 7 nitrogen and oxygen atoms in total. The molecule has 0 aliphatic heterocycles. The number of hydrogen-bond acceptors (Lipinski definition) is 4. The highest BCUT2D eigenvalue weighted by Crippen LogP contribution is 2.12. The Morgan fingerprint density at radius 1 is 1.19 bits per heavy atom. The first-order valence-corrected chi connectivity index (χ1v) is 6.93. The molecular weight excluding hydrogens is 272 g/mol. The van der Waals surface area contributed by atoms with Crippen molar-refractivity contribution in [2.45, 2.75) is 13.3 Å². The van der Waals surface area contributed by atoms with Crippen molar-refractivity contribution in [3.8, 4) is 5.88 Å². The Labute approximate surface area is 124 Å². The highest BCUT2D eigenvalue weighted by Gasteiger charge is 2.19. The highest BCUT2D eigenvalue weighted by atomic mass is 16.3. The quantitative estimate of drug-likeness (QED) is 0.598. The van der Waals surface area contributed by atoms with Crippen LogP contribution in [0.15, 0.2) is 14.6 Å². The lowest BCUT2D eigenvalue weighted by molar-refractivity contribution is -0.868. The summed E-state index contributed by atoms with van der Waals surface area (Å²) in [4.78, 5) is 28.4. The SMILES string of the molecule is CCC(=NCC[N+](C)(C)C)c1c(O)n(C)c(=O)n(C)c1=O. The molecule has 0 fully saturated rings. The van der Waals surface area contributed by atoms with Gasteiger partial charge in [0.25, 0.3) is 5.56 Å². The molecule has 1 aromatic heterocycles. The van der Waals surface area contributed by atoms with Gasteiger partial charge in [0.1, 0.15) is 5.56 Å². The van der Waals surface area contributed by atoms with Crippen LogP contribution in [0.25, 0.3) is 0 Å². The predicted octanol–water partition coefficient (Wildman–Crippen LogP) is -0.305. The Morgan fingerprint density at radius 2 is 1.76 bits per heavy atom. The van der Waals surface area contributed by atoms with Crippen LogP contribution in [0.4, 0.5) is 0 Å². The highest BCUT2D eigenvalue weighted by molar-refractivity contribution is 6.01. The molecule has 0 spiro atoms. The van der Waals surface area contributed by atoms with Crippen LogP contribution in [0.1, 0.15) is 18.9 Å². The molecule has 0 atom stereocenters. The zero-order valence-electron chi connectivity index (χ0n) is 13.7.